The summed E-state index contributed by atoms with van der Waals surface area (Å²) >= 11 is 0. The van der Waals surface area contributed by atoms with Crippen LogP contribution in [0.25, 0.3) is 5.76 Å². The summed E-state index contributed by atoms with van der Waals surface area (Å²) < 4.78 is 5.26. The molecule has 0 aromatic heterocycles. The number of amides is 1. The van der Waals surface area contributed by atoms with Gasteiger partial charge in [0, 0.05) is 11.3 Å². The summed E-state index contributed by atoms with van der Waals surface area (Å²) in [5, 5.41) is 11.3. The molecule has 5 nitrogen and oxygen atoms in total. The van der Waals surface area contributed by atoms with Crippen LogP contribution in [0.4, 0.5) is 5.69 Å². The molecule has 0 bridgehead atoms. The van der Waals surface area contributed by atoms with Crippen LogP contribution in [0, 0.1) is 6.92 Å². The fourth-order valence-electron chi connectivity index (χ4n) is 4.24. The van der Waals surface area contributed by atoms with E-state index in [1.807, 2.05) is 61.5 Å². The average Bonchev–Trinajstić information content (AvgIpc) is 3.09. The second-order valence-electron chi connectivity index (χ2n) is 8.51. The molecule has 1 aliphatic heterocycles. The highest BCUT2D eigenvalue weighted by Crippen LogP contribution is 2.42. The van der Waals surface area contributed by atoms with Crippen molar-refractivity contribution in [2.75, 3.05) is 12.0 Å². The largest absolute Gasteiger partial charge is 0.507 e. The van der Waals surface area contributed by atoms with Gasteiger partial charge < -0.3 is 9.84 Å². The van der Waals surface area contributed by atoms with Crippen LogP contribution in [-0.2, 0) is 9.59 Å². The van der Waals surface area contributed by atoms with Crippen LogP contribution in [0.3, 0.4) is 0 Å². The normalized spacial score (nSPS) is 17.6. The van der Waals surface area contributed by atoms with E-state index in [0.717, 1.165) is 16.7 Å². The molecule has 1 aliphatic rings. The molecule has 5 heteroatoms. The number of aryl methyl sites for hydroxylation is 1. The van der Waals surface area contributed by atoms with Crippen LogP contribution >= 0.6 is 0 Å². The van der Waals surface area contributed by atoms with Gasteiger partial charge in [-0.05, 0) is 59.9 Å². The third kappa shape index (κ3) is 4.02. The Morgan fingerprint density at radius 3 is 2.21 bits per heavy atom. The number of Topliss-reactive ketones (excluding diaryl/α,β-unsaturated/α-hetero) is 1. The third-order valence-corrected chi connectivity index (χ3v) is 6.09. The van der Waals surface area contributed by atoms with Gasteiger partial charge in [0.25, 0.3) is 11.7 Å². The van der Waals surface area contributed by atoms with Crippen LogP contribution in [0.15, 0.2) is 78.4 Å². The number of carbonyl (C=O) groups excluding carboxylic acids is 2. The fraction of sp³-hybridized carbons (Fsp3) is 0.214. The maximum atomic E-state index is 13.3. The predicted octanol–water partition coefficient (Wildman–Crippen LogP) is 5.75. The van der Waals surface area contributed by atoms with Gasteiger partial charge in [0.1, 0.15) is 11.5 Å². The Morgan fingerprint density at radius 2 is 1.64 bits per heavy atom. The zero-order chi connectivity index (χ0) is 23.7. The minimum Gasteiger partial charge on any atom is -0.507 e. The molecule has 1 unspecified atom stereocenters. The van der Waals surface area contributed by atoms with Gasteiger partial charge in [-0.2, -0.15) is 0 Å². The van der Waals surface area contributed by atoms with Crippen LogP contribution in [-0.4, -0.2) is 23.9 Å². The van der Waals surface area contributed by atoms with Gasteiger partial charge >= 0.3 is 0 Å². The molecule has 0 saturated carbocycles. The first kappa shape index (κ1) is 22.3. The monoisotopic (exact) mass is 441 g/mol. The summed E-state index contributed by atoms with van der Waals surface area (Å²) in [5.74, 6) is -0.561. The number of anilines is 1. The standard InChI is InChI=1S/C28H27NO4/c1-17(2)19-10-12-21(13-11-19)29-25(20-8-6-5-7-9-20)24(27(31)28(29)32)26(30)23-15-14-22(33-4)16-18(23)3/h5-17,25,30H,1-4H3/b26-24-. The van der Waals surface area contributed by atoms with Crippen molar-refractivity contribution in [1.29, 1.82) is 0 Å². The maximum absolute atomic E-state index is 13.3. The van der Waals surface area contributed by atoms with Crippen molar-refractivity contribution in [3.63, 3.8) is 0 Å². The highest BCUT2D eigenvalue weighted by atomic mass is 16.5. The summed E-state index contributed by atoms with van der Waals surface area (Å²) in [4.78, 5) is 28.0. The molecule has 0 aliphatic carbocycles. The molecule has 1 N–H and O–H groups in total. The summed E-state index contributed by atoms with van der Waals surface area (Å²) in [5.41, 5.74) is 3.81. The Kier molecular flexibility index (Phi) is 6.05. The number of hydrogen-bond acceptors (Lipinski definition) is 4. The van der Waals surface area contributed by atoms with Crippen LogP contribution in [0.2, 0.25) is 0 Å². The van der Waals surface area contributed by atoms with Gasteiger partial charge in [0.2, 0.25) is 0 Å². The number of aliphatic hydroxyl groups is 1. The topological polar surface area (TPSA) is 66.8 Å². The summed E-state index contributed by atoms with van der Waals surface area (Å²) in [6, 6.07) is 21.4. The SMILES string of the molecule is COc1ccc(/C(O)=C2/C(=O)C(=O)N(c3ccc(C(C)C)cc3)C2c2ccccc2)c(C)c1. The lowest BCUT2D eigenvalue weighted by Gasteiger charge is -2.26. The number of nitrogens with zero attached hydrogens (tertiary/aromatic N) is 1. The first-order valence-corrected chi connectivity index (χ1v) is 10.9. The first-order chi connectivity index (χ1) is 15.8. The van der Waals surface area contributed by atoms with Crippen molar-refractivity contribution in [2.45, 2.75) is 32.7 Å². The highest BCUT2D eigenvalue weighted by Gasteiger charge is 2.47. The number of benzene rings is 3. The molecule has 33 heavy (non-hydrogen) atoms. The molecule has 1 amide bonds. The average molecular weight is 442 g/mol. The van der Waals surface area contributed by atoms with Crippen molar-refractivity contribution >= 4 is 23.1 Å². The number of ketones is 1. The fourth-order valence-corrected chi connectivity index (χ4v) is 4.24. The van der Waals surface area contributed by atoms with Gasteiger partial charge in [0.05, 0.1) is 18.7 Å². The van der Waals surface area contributed by atoms with Crippen molar-refractivity contribution in [2.24, 2.45) is 0 Å². The van der Waals surface area contributed by atoms with Crippen molar-refractivity contribution in [3.8, 4) is 5.75 Å². The first-order valence-electron chi connectivity index (χ1n) is 10.9. The van der Waals surface area contributed by atoms with Gasteiger partial charge in [-0.1, -0.05) is 56.3 Å². The van der Waals surface area contributed by atoms with Gasteiger partial charge in [-0.25, -0.2) is 0 Å². The van der Waals surface area contributed by atoms with Crippen LogP contribution in [0.1, 0.15) is 48.1 Å². The van der Waals surface area contributed by atoms with Crippen molar-refractivity contribution < 1.29 is 19.4 Å². The Morgan fingerprint density at radius 1 is 0.970 bits per heavy atom. The van der Waals surface area contributed by atoms with E-state index < -0.39 is 17.7 Å². The van der Waals surface area contributed by atoms with Gasteiger partial charge in [-0.3, -0.25) is 14.5 Å². The molecule has 1 saturated heterocycles. The zero-order valence-corrected chi connectivity index (χ0v) is 19.2. The second-order valence-corrected chi connectivity index (χ2v) is 8.51. The van der Waals surface area contributed by atoms with Crippen LogP contribution in [0.5, 0.6) is 5.75 Å². The van der Waals surface area contributed by atoms with E-state index in [0.29, 0.717) is 22.9 Å². The molecule has 1 heterocycles. The molecule has 4 rings (SSSR count). The number of methoxy groups -OCH3 is 1. The summed E-state index contributed by atoms with van der Waals surface area (Å²) in [6.45, 7) is 6.03. The number of ether oxygens (including phenoxy) is 1. The highest BCUT2D eigenvalue weighted by molar-refractivity contribution is 6.51. The summed E-state index contributed by atoms with van der Waals surface area (Å²) in [6.07, 6.45) is 0. The Labute approximate surface area is 193 Å². The van der Waals surface area contributed by atoms with E-state index in [9.17, 15) is 14.7 Å². The number of aliphatic hydroxyl groups excluding tert-OH is 1. The number of rotatable bonds is 5. The van der Waals surface area contributed by atoms with E-state index in [2.05, 4.69) is 13.8 Å². The molecule has 0 radical (unpaired) electrons. The minimum atomic E-state index is -0.738. The van der Waals surface area contributed by atoms with Crippen molar-refractivity contribution in [3.05, 3.63) is 101 Å². The number of carbonyl (C=O) groups is 2. The molecule has 168 valence electrons. The lowest BCUT2D eigenvalue weighted by Crippen LogP contribution is -2.29. The minimum absolute atomic E-state index is 0.0763. The van der Waals surface area contributed by atoms with E-state index in [-0.39, 0.29) is 11.3 Å². The van der Waals surface area contributed by atoms with Gasteiger partial charge in [0.15, 0.2) is 0 Å². The van der Waals surface area contributed by atoms with Crippen molar-refractivity contribution in [1.82, 2.24) is 0 Å². The number of hydrogen-bond donors (Lipinski definition) is 1. The predicted molar refractivity (Wildman–Crippen MR) is 129 cm³/mol. The van der Waals surface area contributed by atoms with Crippen LogP contribution < -0.4 is 9.64 Å². The molecule has 1 atom stereocenters. The Balaban J connectivity index is 1.90. The van der Waals surface area contributed by atoms with Gasteiger partial charge in [-0.15, -0.1) is 0 Å². The van der Waals surface area contributed by atoms with E-state index in [1.165, 1.54) is 4.90 Å². The van der Waals surface area contributed by atoms with E-state index >= 15 is 0 Å². The molecule has 0 spiro atoms. The lowest BCUT2D eigenvalue weighted by molar-refractivity contribution is -0.132. The lowest BCUT2D eigenvalue weighted by atomic mass is 9.93. The Bertz CT molecular complexity index is 1230. The maximum Gasteiger partial charge on any atom is 0.300 e. The molecular weight excluding hydrogens is 414 g/mol. The molecule has 3 aromatic carbocycles. The Hall–Kier alpha value is -3.86. The van der Waals surface area contributed by atoms with E-state index in [1.54, 1.807) is 25.3 Å². The quantitative estimate of drug-likeness (QED) is 0.311. The van der Waals surface area contributed by atoms with E-state index in [4.69, 9.17) is 4.74 Å². The zero-order valence-electron chi connectivity index (χ0n) is 19.2. The molecule has 3 aromatic rings. The molecule has 1 fully saturated rings. The summed E-state index contributed by atoms with van der Waals surface area (Å²) in [7, 11) is 1.57. The second kappa shape index (κ2) is 8.94. The molecular formula is C28H27NO4. The smallest absolute Gasteiger partial charge is 0.300 e. The third-order valence-electron chi connectivity index (χ3n) is 6.09.